The van der Waals surface area contributed by atoms with Crippen LogP contribution >= 0.6 is 22.9 Å². The summed E-state index contributed by atoms with van der Waals surface area (Å²) in [5, 5.41) is 14.7. The summed E-state index contributed by atoms with van der Waals surface area (Å²) in [5.41, 5.74) is 0.298. The molecular weight excluding hydrogens is 389 g/mol. The van der Waals surface area contributed by atoms with Gasteiger partial charge in [0, 0.05) is 24.0 Å². The summed E-state index contributed by atoms with van der Waals surface area (Å²) < 4.78 is 41.2. The van der Waals surface area contributed by atoms with Crippen molar-refractivity contribution in [3.8, 4) is 0 Å². The van der Waals surface area contributed by atoms with Crippen molar-refractivity contribution in [2.75, 3.05) is 16.6 Å². The van der Waals surface area contributed by atoms with Gasteiger partial charge in [0.2, 0.25) is 0 Å². The summed E-state index contributed by atoms with van der Waals surface area (Å²) in [7, 11) is -4.12. The molecule has 0 aliphatic heterocycles. The molecule has 0 spiro atoms. The van der Waals surface area contributed by atoms with Gasteiger partial charge in [0.15, 0.2) is 5.13 Å². The number of thiazole rings is 1. The monoisotopic (exact) mass is 405 g/mol. The van der Waals surface area contributed by atoms with Gasteiger partial charge in [-0.25, -0.2) is 17.8 Å². The number of benzene rings is 1. The maximum Gasteiger partial charge on any atom is 0.266 e. The van der Waals surface area contributed by atoms with Crippen LogP contribution in [0.5, 0.6) is 0 Å². The first-order valence-corrected chi connectivity index (χ1v) is 10.4. The van der Waals surface area contributed by atoms with E-state index in [0.717, 1.165) is 42.7 Å². The number of aliphatic hydroxyl groups is 1. The maximum atomic E-state index is 14.3. The molecule has 1 heterocycles. The highest BCUT2D eigenvalue weighted by Gasteiger charge is 2.26. The topological polar surface area (TPSA) is 91.3 Å². The number of hydrogen-bond donors (Lipinski definition) is 3. The molecule has 2 unspecified atom stereocenters. The largest absolute Gasteiger partial charge is 0.393 e. The van der Waals surface area contributed by atoms with E-state index < -0.39 is 20.7 Å². The molecule has 0 bridgehead atoms. The third-order valence-electron chi connectivity index (χ3n) is 4.14. The number of halogens is 2. The molecule has 136 valence electrons. The summed E-state index contributed by atoms with van der Waals surface area (Å²) in [5.74, 6) is -0.836. The summed E-state index contributed by atoms with van der Waals surface area (Å²) in [6, 6.07) is 2.13. The van der Waals surface area contributed by atoms with Crippen LogP contribution in [-0.4, -0.2) is 31.2 Å². The van der Waals surface area contributed by atoms with Crippen LogP contribution < -0.4 is 10.0 Å². The highest BCUT2D eigenvalue weighted by molar-refractivity contribution is 7.93. The van der Waals surface area contributed by atoms with Gasteiger partial charge in [-0.15, -0.1) is 11.3 Å². The minimum Gasteiger partial charge on any atom is -0.393 e. The van der Waals surface area contributed by atoms with Crippen LogP contribution in [0, 0.1) is 11.7 Å². The van der Waals surface area contributed by atoms with Gasteiger partial charge in [-0.3, -0.25) is 4.72 Å². The molecule has 10 heteroatoms. The fourth-order valence-corrected chi connectivity index (χ4v) is 4.98. The van der Waals surface area contributed by atoms with Gasteiger partial charge in [-0.1, -0.05) is 18.0 Å². The second-order valence-corrected chi connectivity index (χ2v) is 8.80. The SMILES string of the molecule is O=S(=O)(Nc1nccs1)c1cc(Cl)c(NCC2CCCC2O)cc1F. The Hall–Kier alpha value is -1.42. The Morgan fingerprint density at radius 1 is 1.40 bits per heavy atom. The van der Waals surface area contributed by atoms with Crippen molar-refractivity contribution in [1.29, 1.82) is 0 Å². The Balaban J connectivity index is 1.77. The van der Waals surface area contributed by atoms with E-state index >= 15 is 0 Å². The van der Waals surface area contributed by atoms with Gasteiger partial charge in [0.25, 0.3) is 10.0 Å². The fraction of sp³-hybridized carbons (Fsp3) is 0.400. The molecule has 2 atom stereocenters. The van der Waals surface area contributed by atoms with Gasteiger partial charge >= 0.3 is 0 Å². The van der Waals surface area contributed by atoms with Crippen molar-refractivity contribution in [1.82, 2.24) is 4.98 Å². The predicted octanol–water partition coefficient (Wildman–Crippen LogP) is 3.31. The Morgan fingerprint density at radius 3 is 2.84 bits per heavy atom. The van der Waals surface area contributed by atoms with E-state index in [1.165, 1.54) is 6.20 Å². The molecule has 0 radical (unpaired) electrons. The van der Waals surface area contributed by atoms with Crippen molar-refractivity contribution in [2.45, 2.75) is 30.3 Å². The first-order chi connectivity index (χ1) is 11.9. The minimum absolute atomic E-state index is 0.0779. The zero-order chi connectivity index (χ0) is 18.0. The summed E-state index contributed by atoms with van der Waals surface area (Å²) in [6.45, 7) is 0.448. The van der Waals surface area contributed by atoms with Crippen LogP contribution in [0.3, 0.4) is 0 Å². The number of aliphatic hydroxyl groups excluding tert-OH is 1. The van der Waals surface area contributed by atoms with E-state index in [-0.39, 0.29) is 22.2 Å². The molecule has 0 saturated heterocycles. The van der Waals surface area contributed by atoms with E-state index in [1.807, 2.05) is 0 Å². The molecule has 1 aromatic carbocycles. The van der Waals surface area contributed by atoms with Gasteiger partial charge in [0.1, 0.15) is 10.7 Å². The second kappa shape index (κ2) is 7.45. The Bertz CT molecular complexity index is 846. The van der Waals surface area contributed by atoms with Crippen LogP contribution in [0.4, 0.5) is 15.2 Å². The van der Waals surface area contributed by atoms with Crippen molar-refractivity contribution < 1.29 is 17.9 Å². The molecule has 1 fully saturated rings. The van der Waals surface area contributed by atoms with Crippen LogP contribution in [0.25, 0.3) is 0 Å². The van der Waals surface area contributed by atoms with Crippen molar-refractivity contribution in [2.24, 2.45) is 5.92 Å². The molecule has 1 aliphatic rings. The standard InChI is InChI=1S/C15H17ClFN3O3S2/c16-10-6-14(25(22,23)20-15-18-4-5-24-15)11(17)7-12(10)19-8-9-2-1-3-13(9)21/h4-7,9,13,19,21H,1-3,8H2,(H,18,20). The predicted molar refractivity (Wildman–Crippen MR) is 96.2 cm³/mol. The number of nitrogens with zero attached hydrogens (tertiary/aromatic N) is 1. The molecule has 1 aromatic heterocycles. The molecule has 1 aliphatic carbocycles. The molecular formula is C15H17ClFN3O3S2. The minimum atomic E-state index is -4.12. The quantitative estimate of drug-likeness (QED) is 0.685. The maximum absolute atomic E-state index is 14.3. The highest BCUT2D eigenvalue weighted by atomic mass is 35.5. The Morgan fingerprint density at radius 2 is 2.20 bits per heavy atom. The Labute approximate surface area is 154 Å². The molecule has 1 saturated carbocycles. The number of rotatable bonds is 6. The molecule has 0 amide bonds. The fourth-order valence-electron chi connectivity index (χ4n) is 2.81. The van der Waals surface area contributed by atoms with Crippen molar-refractivity contribution >= 4 is 43.8 Å². The van der Waals surface area contributed by atoms with Crippen LogP contribution in [-0.2, 0) is 10.0 Å². The smallest absolute Gasteiger partial charge is 0.266 e. The van der Waals surface area contributed by atoms with E-state index in [1.54, 1.807) is 5.38 Å². The third kappa shape index (κ3) is 4.22. The normalized spacial score (nSPS) is 20.6. The average Bonchev–Trinajstić information content (AvgIpc) is 3.19. The van der Waals surface area contributed by atoms with Gasteiger partial charge in [0.05, 0.1) is 16.8 Å². The molecule has 25 heavy (non-hydrogen) atoms. The summed E-state index contributed by atoms with van der Waals surface area (Å²) in [4.78, 5) is 3.27. The van der Waals surface area contributed by atoms with Crippen LogP contribution in [0.15, 0.2) is 28.6 Å². The summed E-state index contributed by atoms with van der Waals surface area (Å²) >= 11 is 7.20. The van der Waals surface area contributed by atoms with Crippen LogP contribution in [0.1, 0.15) is 19.3 Å². The number of anilines is 2. The van der Waals surface area contributed by atoms with E-state index in [2.05, 4.69) is 15.0 Å². The lowest BCUT2D eigenvalue weighted by atomic mass is 10.1. The number of nitrogens with one attached hydrogen (secondary N) is 2. The van der Waals surface area contributed by atoms with E-state index in [9.17, 15) is 17.9 Å². The lowest BCUT2D eigenvalue weighted by Gasteiger charge is -2.17. The average molecular weight is 406 g/mol. The van der Waals surface area contributed by atoms with E-state index in [4.69, 9.17) is 11.6 Å². The lowest BCUT2D eigenvalue weighted by molar-refractivity contribution is 0.138. The molecule has 3 N–H and O–H groups in total. The first-order valence-electron chi connectivity index (χ1n) is 7.70. The number of sulfonamides is 1. The van der Waals surface area contributed by atoms with Gasteiger partial charge < -0.3 is 10.4 Å². The van der Waals surface area contributed by atoms with Gasteiger partial charge in [-0.05, 0) is 25.0 Å². The van der Waals surface area contributed by atoms with Crippen molar-refractivity contribution in [3.05, 3.63) is 34.5 Å². The number of aromatic nitrogens is 1. The second-order valence-electron chi connectivity index (χ2n) is 5.84. The third-order valence-corrected chi connectivity index (χ3v) is 6.62. The first kappa shape index (κ1) is 18.4. The van der Waals surface area contributed by atoms with Crippen molar-refractivity contribution in [3.63, 3.8) is 0 Å². The summed E-state index contributed by atoms with van der Waals surface area (Å²) in [6.07, 6.45) is 3.66. The Kier molecular flexibility index (Phi) is 5.47. The van der Waals surface area contributed by atoms with Gasteiger partial charge in [-0.2, -0.15) is 0 Å². The van der Waals surface area contributed by atoms with Crippen LogP contribution in [0.2, 0.25) is 5.02 Å². The zero-order valence-electron chi connectivity index (χ0n) is 13.1. The number of hydrogen-bond acceptors (Lipinski definition) is 6. The lowest BCUT2D eigenvalue weighted by Crippen LogP contribution is -2.22. The molecule has 3 rings (SSSR count). The highest BCUT2D eigenvalue weighted by Crippen LogP contribution is 2.31. The van der Waals surface area contributed by atoms with E-state index in [0.29, 0.717) is 12.2 Å². The molecule has 6 nitrogen and oxygen atoms in total. The zero-order valence-corrected chi connectivity index (χ0v) is 15.5. The molecule has 2 aromatic rings.